The van der Waals surface area contributed by atoms with Gasteiger partial charge < -0.3 is 14.2 Å². The van der Waals surface area contributed by atoms with Crippen molar-refractivity contribution in [1.82, 2.24) is 9.47 Å². The van der Waals surface area contributed by atoms with Gasteiger partial charge in [-0.05, 0) is 37.8 Å². The lowest BCUT2D eigenvalue weighted by molar-refractivity contribution is 0.0588. The number of esters is 1. The summed E-state index contributed by atoms with van der Waals surface area (Å²) in [6.07, 6.45) is 1.60. The number of nitrogens with zero attached hydrogens (tertiary/aromatic N) is 2. The highest BCUT2D eigenvalue weighted by Gasteiger charge is 2.32. The van der Waals surface area contributed by atoms with Crippen LogP contribution in [-0.2, 0) is 11.8 Å². The number of amides is 1. The molecule has 27 heavy (non-hydrogen) atoms. The molecule has 2 rings (SSSR count). The van der Waals surface area contributed by atoms with Crippen molar-refractivity contribution < 1.29 is 19.1 Å². The van der Waals surface area contributed by atoms with E-state index in [4.69, 9.17) is 4.74 Å². The Bertz CT molecular complexity index is 880. The summed E-state index contributed by atoms with van der Waals surface area (Å²) in [4.78, 5) is 40.2. The van der Waals surface area contributed by atoms with Crippen molar-refractivity contribution in [3.8, 4) is 0 Å². The predicted molar refractivity (Wildman–Crippen MR) is 106 cm³/mol. The zero-order chi connectivity index (χ0) is 20.3. The Morgan fingerprint density at radius 1 is 1.37 bits per heavy atom. The van der Waals surface area contributed by atoms with E-state index in [0.29, 0.717) is 27.4 Å². The van der Waals surface area contributed by atoms with Gasteiger partial charge in [-0.3, -0.25) is 9.59 Å². The molecule has 0 aliphatic carbocycles. The number of hydrogen-bond donors (Lipinski definition) is 0. The summed E-state index contributed by atoms with van der Waals surface area (Å²) in [5.74, 6) is -0.935. The normalized spacial score (nSPS) is 11.7. The molecule has 1 amide bonds. The quantitative estimate of drug-likeness (QED) is 0.414. The lowest BCUT2D eigenvalue weighted by Crippen LogP contribution is -2.43. The Morgan fingerprint density at radius 3 is 2.56 bits per heavy atom. The van der Waals surface area contributed by atoms with Crippen molar-refractivity contribution in [1.29, 1.82) is 0 Å². The summed E-state index contributed by atoms with van der Waals surface area (Å²) in [7, 11) is 3.02. The van der Waals surface area contributed by atoms with Crippen molar-refractivity contribution in [2.24, 2.45) is 7.05 Å². The number of ether oxygens (including phenoxy) is 1. The summed E-state index contributed by atoms with van der Waals surface area (Å²) in [5.41, 5.74) is 2.00. The molecule has 0 spiro atoms. The Labute approximate surface area is 163 Å². The fourth-order valence-corrected chi connectivity index (χ4v) is 3.85. The van der Waals surface area contributed by atoms with Gasteiger partial charge in [0.15, 0.2) is 5.78 Å². The molecule has 6 nitrogen and oxygen atoms in total. The first-order valence-corrected chi connectivity index (χ1v) is 9.37. The smallest absolute Gasteiger partial charge is 0.354 e. The highest BCUT2D eigenvalue weighted by atomic mass is 32.1. The lowest BCUT2D eigenvalue weighted by atomic mass is 9.99. The number of thiophene rings is 1. The van der Waals surface area contributed by atoms with Crippen LogP contribution in [0.1, 0.15) is 48.7 Å². The Balaban J connectivity index is 2.45. The van der Waals surface area contributed by atoms with Crippen LogP contribution in [-0.4, -0.2) is 46.8 Å². The fraction of sp³-hybridized carbons (Fsp3) is 0.350. The molecule has 1 atom stereocenters. The Hall–Kier alpha value is -2.67. The van der Waals surface area contributed by atoms with Gasteiger partial charge in [0.05, 0.1) is 18.0 Å². The zero-order valence-electron chi connectivity index (χ0n) is 16.2. The highest BCUT2D eigenvalue weighted by molar-refractivity contribution is 7.12. The molecule has 2 aromatic rings. The van der Waals surface area contributed by atoms with Gasteiger partial charge in [-0.25, -0.2) is 4.79 Å². The van der Waals surface area contributed by atoms with Crippen molar-refractivity contribution in [3.05, 3.63) is 57.6 Å². The maximum absolute atomic E-state index is 13.3. The van der Waals surface area contributed by atoms with E-state index >= 15 is 0 Å². The highest BCUT2D eigenvalue weighted by Crippen LogP contribution is 2.25. The first-order chi connectivity index (χ1) is 12.8. The molecule has 0 aliphatic rings. The van der Waals surface area contributed by atoms with Gasteiger partial charge >= 0.3 is 5.97 Å². The molecule has 0 saturated carbocycles. The molecule has 7 heteroatoms. The molecule has 0 aliphatic heterocycles. The van der Waals surface area contributed by atoms with E-state index in [9.17, 15) is 14.4 Å². The molecule has 0 N–H and O–H groups in total. The van der Waals surface area contributed by atoms with Crippen LogP contribution >= 0.6 is 11.3 Å². The van der Waals surface area contributed by atoms with E-state index in [0.717, 1.165) is 0 Å². The molecule has 0 aromatic carbocycles. The summed E-state index contributed by atoms with van der Waals surface area (Å²) in [6, 6.07) is 2.82. The predicted octanol–water partition coefficient (Wildman–Crippen LogP) is 3.39. The van der Waals surface area contributed by atoms with E-state index in [2.05, 4.69) is 6.58 Å². The van der Waals surface area contributed by atoms with Crippen LogP contribution in [0.25, 0.3) is 0 Å². The summed E-state index contributed by atoms with van der Waals surface area (Å²) in [6.45, 7) is 9.14. The number of carbonyl (C=O) groups excluding carboxylic acids is 3. The summed E-state index contributed by atoms with van der Waals surface area (Å²) in [5, 5.41) is 1.82. The third-order valence-corrected chi connectivity index (χ3v) is 5.58. The number of ketones is 1. The minimum atomic E-state index is -0.706. The first kappa shape index (κ1) is 20.6. The van der Waals surface area contributed by atoms with E-state index in [1.165, 1.54) is 23.3 Å². The average Bonchev–Trinajstić information content (AvgIpc) is 3.25. The standard InChI is InChI=1S/C20H24N2O4S/c1-7-10-22(19(24)15-9-8-11-27-15)14(4)18(23)16-12(2)17(20(25)26-6)21(5)13(16)3/h7-9,11,14H,1,10H2,2-6H3. The van der Waals surface area contributed by atoms with E-state index in [-0.39, 0.29) is 18.2 Å². The average molecular weight is 388 g/mol. The van der Waals surface area contributed by atoms with Crippen LogP contribution < -0.4 is 0 Å². The molecule has 144 valence electrons. The fourth-order valence-electron chi connectivity index (χ4n) is 3.17. The van der Waals surface area contributed by atoms with Crippen LogP contribution in [0, 0.1) is 13.8 Å². The minimum Gasteiger partial charge on any atom is -0.464 e. The Kier molecular flexibility index (Phi) is 6.38. The molecule has 0 saturated heterocycles. The molecule has 0 bridgehead atoms. The van der Waals surface area contributed by atoms with Gasteiger partial charge in [0.1, 0.15) is 5.69 Å². The third kappa shape index (κ3) is 3.73. The number of Topliss-reactive ketones (excluding diaryl/α,β-unsaturated/α-hetero) is 1. The number of rotatable bonds is 7. The zero-order valence-corrected chi connectivity index (χ0v) is 17.1. The van der Waals surface area contributed by atoms with E-state index in [1.54, 1.807) is 50.6 Å². The lowest BCUT2D eigenvalue weighted by Gasteiger charge is -2.27. The molecule has 0 radical (unpaired) electrons. The molecular formula is C20H24N2O4S. The molecule has 1 unspecified atom stereocenters. The summed E-state index contributed by atoms with van der Waals surface area (Å²) < 4.78 is 6.49. The third-order valence-electron chi connectivity index (χ3n) is 4.72. The van der Waals surface area contributed by atoms with Crippen LogP contribution in [0.5, 0.6) is 0 Å². The minimum absolute atomic E-state index is 0.217. The summed E-state index contributed by atoms with van der Waals surface area (Å²) >= 11 is 1.33. The van der Waals surface area contributed by atoms with Crippen LogP contribution in [0.15, 0.2) is 30.2 Å². The molecule has 0 fully saturated rings. The van der Waals surface area contributed by atoms with E-state index < -0.39 is 12.0 Å². The number of carbonyl (C=O) groups is 3. The van der Waals surface area contributed by atoms with Gasteiger partial charge in [0.25, 0.3) is 5.91 Å². The monoisotopic (exact) mass is 388 g/mol. The van der Waals surface area contributed by atoms with Gasteiger partial charge in [-0.2, -0.15) is 0 Å². The second-order valence-corrected chi connectivity index (χ2v) is 7.20. The van der Waals surface area contributed by atoms with Crippen molar-refractivity contribution in [3.63, 3.8) is 0 Å². The van der Waals surface area contributed by atoms with Crippen molar-refractivity contribution in [2.75, 3.05) is 13.7 Å². The number of hydrogen-bond acceptors (Lipinski definition) is 5. The second-order valence-electron chi connectivity index (χ2n) is 6.25. The number of methoxy groups -OCH3 is 1. The van der Waals surface area contributed by atoms with Gasteiger partial charge in [-0.15, -0.1) is 17.9 Å². The molecule has 2 aromatic heterocycles. The SMILES string of the molecule is C=CCN(C(=O)c1cccs1)C(C)C(=O)c1c(C)c(C(=O)OC)n(C)c1C. The Morgan fingerprint density at radius 2 is 2.04 bits per heavy atom. The maximum Gasteiger partial charge on any atom is 0.354 e. The first-order valence-electron chi connectivity index (χ1n) is 8.49. The maximum atomic E-state index is 13.3. The van der Waals surface area contributed by atoms with Gasteiger partial charge in [0, 0.05) is 24.8 Å². The number of aromatic nitrogens is 1. The molecular weight excluding hydrogens is 364 g/mol. The van der Waals surface area contributed by atoms with Crippen molar-refractivity contribution >= 4 is 29.0 Å². The second kappa shape index (κ2) is 8.35. The van der Waals surface area contributed by atoms with E-state index in [1.807, 2.05) is 5.38 Å². The van der Waals surface area contributed by atoms with Crippen molar-refractivity contribution in [2.45, 2.75) is 26.8 Å². The largest absolute Gasteiger partial charge is 0.464 e. The van der Waals surface area contributed by atoms with Crippen LogP contribution in [0.4, 0.5) is 0 Å². The van der Waals surface area contributed by atoms with Crippen LogP contribution in [0.3, 0.4) is 0 Å². The topological polar surface area (TPSA) is 68.6 Å². The van der Waals surface area contributed by atoms with Gasteiger partial charge in [0.2, 0.25) is 0 Å². The van der Waals surface area contributed by atoms with Gasteiger partial charge in [-0.1, -0.05) is 12.1 Å². The molecule has 2 heterocycles. The van der Waals surface area contributed by atoms with Crippen LogP contribution in [0.2, 0.25) is 0 Å².